The summed E-state index contributed by atoms with van der Waals surface area (Å²) in [5.41, 5.74) is 11.2. The van der Waals surface area contributed by atoms with E-state index in [4.69, 9.17) is 0 Å². The lowest BCUT2D eigenvalue weighted by atomic mass is 9.81. The molecular formula is C48H51N4O2+. The second kappa shape index (κ2) is 15.4. The lowest BCUT2D eigenvalue weighted by molar-refractivity contribution is -0.401. The highest BCUT2D eigenvalue weighted by atomic mass is 16.2. The van der Waals surface area contributed by atoms with Gasteiger partial charge < -0.3 is 15.1 Å². The van der Waals surface area contributed by atoms with Crippen LogP contribution in [-0.4, -0.2) is 42.2 Å². The number of allylic oxidation sites excluding steroid dienone is 4. The van der Waals surface area contributed by atoms with Crippen molar-refractivity contribution in [1.82, 2.24) is 5.32 Å². The molecule has 3 aliphatic heterocycles. The second-order valence-corrected chi connectivity index (χ2v) is 15.6. The molecule has 0 unspecified atom stereocenters. The number of nitrogens with zero attached hydrogens (tertiary/aromatic N) is 3. The van der Waals surface area contributed by atoms with Gasteiger partial charge in [0.1, 0.15) is 7.05 Å². The molecule has 6 heteroatoms. The van der Waals surface area contributed by atoms with E-state index in [1.165, 1.54) is 33.9 Å². The Kier molecular flexibility index (Phi) is 10.4. The van der Waals surface area contributed by atoms with Crippen LogP contribution in [0.5, 0.6) is 0 Å². The minimum Gasteiger partial charge on any atom is -0.356 e. The van der Waals surface area contributed by atoms with Crippen molar-refractivity contribution in [2.45, 2.75) is 77.2 Å². The van der Waals surface area contributed by atoms with Gasteiger partial charge in [-0.2, -0.15) is 4.58 Å². The van der Waals surface area contributed by atoms with E-state index in [-0.39, 0.29) is 29.1 Å². The topological polar surface area (TPSA) is 55.7 Å². The Morgan fingerprint density at radius 2 is 1.43 bits per heavy atom. The maximum absolute atomic E-state index is 13.5. The highest BCUT2D eigenvalue weighted by molar-refractivity contribution is 6.03. The fourth-order valence-corrected chi connectivity index (χ4v) is 8.39. The predicted molar refractivity (Wildman–Crippen MR) is 221 cm³/mol. The Labute approximate surface area is 320 Å². The fraction of sp³-hybridized carbons (Fsp3) is 0.312. The van der Waals surface area contributed by atoms with E-state index in [1.807, 2.05) is 48.5 Å². The van der Waals surface area contributed by atoms with Crippen LogP contribution < -0.4 is 15.1 Å². The summed E-state index contributed by atoms with van der Waals surface area (Å²) in [5.74, 6) is 6.47. The van der Waals surface area contributed by atoms with E-state index in [0.29, 0.717) is 19.5 Å². The van der Waals surface area contributed by atoms with Gasteiger partial charge in [-0.05, 0) is 68.2 Å². The molecule has 0 aliphatic carbocycles. The van der Waals surface area contributed by atoms with Crippen molar-refractivity contribution in [2.24, 2.45) is 0 Å². The van der Waals surface area contributed by atoms with Gasteiger partial charge in [0.15, 0.2) is 5.71 Å². The summed E-state index contributed by atoms with van der Waals surface area (Å²) >= 11 is 0. The van der Waals surface area contributed by atoms with Crippen LogP contribution >= 0.6 is 0 Å². The number of hydrogen-bond donors (Lipinski definition) is 1. The van der Waals surface area contributed by atoms with Crippen LogP contribution in [0.25, 0.3) is 0 Å². The Balaban J connectivity index is 0.928. The smallest absolute Gasteiger partial charge is 0.229 e. The number of unbranched alkanes of at least 4 members (excludes halogenated alkanes) is 2. The van der Waals surface area contributed by atoms with E-state index in [1.54, 1.807) is 4.90 Å². The molecule has 274 valence electrons. The Morgan fingerprint density at radius 1 is 0.759 bits per heavy atom. The Bertz CT molecular complexity index is 2250. The lowest BCUT2D eigenvalue weighted by Crippen LogP contribution is -2.35. The first-order valence-electron chi connectivity index (χ1n) is 19.3. The number of carbonyl (C=O) groups excluding carboxylic acids is 2. The largest absolute Gasteiger partial charge is 0.356 e. The quantitative estimate of drug-likeness (QED) is 0.0959. The van der Waals surface area contributed by atoms with Crippen molar-refractivity contribution in [3.63, 3.8) is 0 Å². The number of carbonyl (C=O) groups is 2. The average molecular weight is 716 g/mol. The first kappa shape index (κ1) is 36.7. The third kappa shape index (κ3) is 7.16. The molecule has 0 fully saturated rings. The molecule has 0 saturated carbocycles. The van der Waals surface area contributed by atoms with Gasteiger partial charge in [-0.15, -0.1) is 0 Å². The number of para-hydroxylation sites is 3. The molecule has 0 bridgehead atoms. The molecule has 6 nitrogen and oxygen atoms in total. The van der Waals surface area contributed by atoms with Crippen molar-refractivity contribution in [1.29, 1.82) is 0 Å². The number of nitrogens with one attached hydrogen (secondary N) is 1. The molecule has 3 heterocycles. The third-order valence-electron chi connectivity index (χ3n) is 11.4. The molecule has 3 aliphatic rings. The summed E-state index contributed by atoms with van der Waals surface area (Å²) in [4.78, 5) is 30.7. The molecule has 1 N–H and O–H groups in total. The van der Waals surface area contributed by atoms with Gasteiger partial charge in [-0.1, -0.05) is 105 Å². The summed E-state index contributed by atoms with van der Waals surface area (Å²) < 4.78 is 2.31. The van der Waals surface area contributed by atoms with Crippen molar-refractivity contribution >= 4 is 34.6 Å². The van der Waals surface area contributed by atoms with Crippen LogP contribution in [0.1, 0.15) is 87.6 Å². The van der Waals surface area contributed by atoms with E-state index in [2.05, 4.69) is 128 Å². The standard InChI is InChI=1S/C48H50N4O2/c1-47(2)38-21-11-14-24-41(38)50(5)43(47)26-17-27-44-48(3,4)39-22-12-15-25-42(39)51(44)33-16-6-7-28-45(53)49-32-31-46(54)52-34-37-20-9-8-18-35(37)29-30-36-19-10-13-23-40(36)52/h8-15,17-27H,6-7,16,28,31-34H2,1-5H3/p+1. The Hall–Kier alpha value is -5.67. The number of rotatable bonds is 11. The summed E-state index contributed by atoms with van der Waals surface area (Å²) in [7, 11) is 2.16. The average Bonchev–Trinajstić information content (AvgIpc) is 3.50. The van der Waals surface area contributed by atoms with Crippen LogP contribution in [0, 0.1) is 11.8 Å². The molecule has 0 radical (unpaired) electrons. The van der Waals surface area contributed by atoms with Crippen LogP contribution in [0.2, 0.25) is 0 Å². The molecule has 0 spiro atoms. The second-order valence-electron chi connectivity index (χ2n) is 15.6. The van der Waals surface area contributed by atoms with Crippen LogP contribution in [0.15, 0.2) is 121 Å². The van der Waals surface area contributed by atoms with Gasteiger partial charge in [0, 0.05) is 71.6 Å². The van der Waals surface area contributed by atoms with Gasteiger partial charge >= 0.3 is 0 Å². The molecule has 2 amide bonds. The van der Waals surface area contributed by atoms with E-state index in [0.717, 1.165) is 48.2 Å². The summed E-state index contributed by atoms with van der Waals surface area (Å²) in [6, 6.07) is 33.1. The van der Waals surface area contributed by atoms with Crippen LogP contribution in [0.3, 0.4) is 0 Å². The van der Waals surface area contributed by atoms with Gasteiger partial charge in [0.25, 0.3) is 0 Å². The molecule has 0 aromatic heterocycles. The van der Waals surface area contributed by atoms with E-state index in [9.17, 15) is 9.59 Å². The molecular weight excluding hydrogens is 665 g/mol. The van der Waals surface area contributed by atoms with E-state index >= 15 is 0 Å². The first-order chi connectivity index (χ1) is 26.1. The van der Waals surface area contributed by atoms with Crippen molar-refractivity contribution < 1.29 is 14.2 Å². The molecule has 7 rings (SSSR count). The number of fused-ring (bicyclic) bond motifs is 4. The first-order valence-corrected chi connectivity index (χ1v) is 19.3. The van der Waals surface area contributed by atoms with Gasteiger partial charge in [0.05, 0.1) is 17.6 Å². The zero-order chi connectivity index (χ0) is 37.9. The van der Waals surface area contributed by atoms with Gasteiger partial charge in [-0.25, -0.2) is 0 Å². The number of benzene rings is 4. The van der Waals surface area contributed by atoms with Gasteiger partial charge in [0.2, 0.25) is 17.5 Å². The van der Waals surface area contributed by atoms with Crippen molar-refractivity contribution in [2.75, 3.05) is 29.9 Å². The molecule has 4 aromatic rings. The van der Waals surface area contributed by atoms with E-state index < -0.39 is 0 Å². The normalized spacial score (nSPS) is 16.9. The van der Waals surface area contributed by atoms with Crippen molar-refractivity contribution in [3.05, 3.63) is 149 Å². The molecule has 54 heavy (non-hydrogen) atoms. The number of anilines is 2. The maximum Gasteiger partial charge on any atom is 0.229 e. The minimum atomic E-state index is -0.131. The molecule has 0 saturated heterocycles. The fourth-order valence-electron chi connectivity index (χ4n) is 8.39. The maximum atomic E-state index is 13.5. The van der Waals surface area contributed by atoms with Crippen LogP contribution in [0.4, 0.5) is 17.1 Å². The molecule has 0 atom stereocenters. The summed E-state index contributed by atoms with van der Waals surface area (Å²) in [6.45, 7) is 10.9. The summed E-state index contributed by atoms with van der Waals surface area (Å²) in [5, 5.41) is 3.00. The zero-order valence-corrected chi connectivity index (χ0v) is 32.3. The lowest BCUT2D eigenvalue weighted by Gasteiger charge is -2.27. The van der Waals surface area contributed by atoms with Crippen molar-refractivity contribution in [3.8, 4) is 11.8 Å². The monoisotopic (exact) mass is 715 g/mol. The van der Waals surface area contributed by atoms with Crippen LogP contribution in [-0.2, 0) is 27.0 Å². The number of amides is 2. The van der Waals surface area contributed by atoms with Gasteiger partial charge in [-0.3, -0.25) is 9.59 Å². The summed E-state index contributed by atoms with van der Waals surface area (Å²) in [6.07, 6.45) is 10.2. The third-order valence-corrected chi connectivity index (χ3v) is 11.4. The Morgan fingerprint density at radius 3 is 2.22 bits per heavy atom. The minimum absolute atomic E-state index is 0.00934. The zero-order valence-electron chi connectivity index (χ0n) is 32.3. The SMILES string of the molecule is C[N+]1=C(C=CC=C2N(CCCCCC(=O)NCCC(=O)N3Cc4ccccc4C#Cc4ccccc43)c3ccccc3C2(C)C)C(C)(C)c2ccccc21. The number of hydrogen-bond acceptors (Lipinski definition) is 3. The molecule has 4 aromatic carbocycles. The predicted octanol–water partition coefficient (Wildman–Crippen LogP) is 8.94. The highest BCUT2D eigenvalue weighted by Gasteiger charge is 2.43. The highest BCUT2D eigenvalue weighted by Crippen LogP contribution is 2.48.